The van der Waals surface area contributed by atoms with Crippen molar-refractivity contribution in [1.29, 1.82) is 0 Å². The second-order valence-corrected chi connectivity index (χ2v) is 3.99. The molecule has 1 aromatic heterocycles. The van der Waals surface area contributed by atoms with E-state index in [9.17, 15) is 5.11 Å². The van der Waals surface area contributed by atoms with Crippen molar-refractivity contribution in [2.24, 2.45) is 0 Å². The average Bonchev–Trinajstić information content (AvgIpc) is 2.80. The summed E-state index contributed by atoms with van der Waals surface area (Å²) in [5.41, 5.74) is 1.04. The number of nitrogens with zero attached hydrogens (tertiary/aromatic N) is 3. The molecule has 0 saturated heterocycles. The Bertz CT molecular complexity index is 427. The molecule has 0 saturated carbocycles. The van der Waals surface area contributed by atoms with Gasteiger partial charge in [0.1, 0.15) is 12.7 Å². The van der Waals surface area contributed by atoms with Crippen molar-refractivity contribution in [3.8, 4) is 0 Å². The Labute approximate surface area is 98.5 Å². The molecule has 0 amide bonds. The van der Waals surface area contributed by atoms with Gasteiger partial charge in [-0.2, -0.15) is 5.10 Å². The molecule has 0 spiro atoms. The van der Waals surface area contributed by atoms with Gasteiger partial charge in [0.2, 0.25) is 0 Å². The molecule has 16 heavy (non-hydrogen) atoms. The summed E-state index contributed by atoms with van der Waals surface area (Å²) in [6.45, 7) is 0.680. The van der Waals surface area contributed by atoms with Gasteiger partial charge in [0, 0.05) is 10.9 Å². The summed E-state index contributed by atoms with van der Waals surface area (Å²) < 4.78 is 1.70. The summed E-state index contributed by atoms with van der Waals surface area (Å²) in [7, 11) is 0. The molecule has 1 heterocycles. The minimum absolute atomic E-state index is 0.0129. The van der Waals surface area contributed by atoms with E-state index in [1.807, 2.05) is 24.3 Å². The van der Waals surface area contributed by atoms with Crippen LogP contribution in [0.4, 0.5) is 0 Å². The molecule has 1 atom stereocenters. The van der Waals surface area contributed by atoms with Crippen LogP contribution in [-0.2, 0) is 6.54 Å². The molecule has 0 fully saturated rings. The highest BCUT2D eigenvalue weighted by molar-refractivity contribution is 6.30. The first-order valence-electron chi connectivity index (χ1n) is 4.98. The zero-order valence-electron chi connectivity index (χ0n) is 8.62. The third kappa shape index (κ3) is 2.59. The highest BCUT2D eigenvalue weighted by atomic mass is 35.5. The largest absolute Gasteiger partial charge is 0.396 e. The Kier molecular flexibility index (Phi) is 3.54. The van der Waals surface area contributed by atoms with Gasteiger partial charge in [-0.25, -0.2) is 4.98 Å². The molecule has 84 valence electrons. The zero-order valence-corrected chi connectivity index (χ0v) is 9.38. The number of aromatic nitrogens is 3. The van der Waals surface area contributed by atoms with Crippen molar-refractivity contribution in [3.05, 3.63) is 47.5 Å². The van der Waals surface area contributed by atoms with Crippen LogP contribution in [0.25, 0.3) is 0 Å². The number of rotatable bonds is 4. The van der Waals surface area contributed by atoms with Crippen molar-refractivity contribution in [2.75, 3.05) is 6.61 Å². The van der Waals surface area contributed by atoms with Crippen LogP contribution in [0.15, 0.2) is 36.9 Å². The topological polar surface area (TPSA) is 50.9 Å². The summed E-state index contributed by atoms with van der Waals surface area (Å²) >= 11 is 5.81. The lowest BCUT2D eigenvalue weighted by molar-refractivity contribution is 0.249. The molecular weight excluding hydrogens is 226 g/mol. The van der Waals surface area contributed by atoms with E-state index in [0.29, 0.717) is 11.6 Å². The summed E-state index contributed by atoms with van der Waals surface area (Å²) in [6.07, 6.45) is 3.12. The average molecular weight is 238 g/mol. The molecule has 0 aliphatic heterocycles. The van der Waals surface area contributed by atoms with E-state index < -0.39 is 0 Å². The molecule has 0 radical (unpaired) electrons. The van der Waals surface area contributed by atoms with E-state index in [2.05, 4.69) is 10.1 Å². The predicted octanol–water partition coefficient (Wildman–Crippen LogP) is 1.71. The highest BCUT2D eigenvalue weighted by Gasteiger charge is 2.11. The van der Waals surface area contributed by atoms with Gasteiger partial charge >= 0.3 is 0 Å². The Balaban J connectivity index is 2.13. The number of halogens is 1. The smallest absolute Gasteiger partial charge is 0.137 e. The maximum absolute atomic E-state index is 9.35. The lowest BCUT2D eigenvalue weighted by Crippen LogP contribution is -2.13. The molecule has 1 aromatic carbocycles. The monoisotopic (exact) mass is 237 g/mol. The second kappa shape index (κ2) is 5.09. The first-order valence-corrected chi connectivity index (χ1v) is 5.36. The molecule has 0 aliphatic rings. The predicted molar refractivity (Wildman–Crippen MR) is 61.3 cm³/mol. The van der Waals surface area contributed by atoms with E-state index in [1.165, 1.54) is 6.33 Å². The highest BCUT2D eigenvalue weighted by Crippen LogP contribution is 2.19. The van der Waals surface area contributed by atoms with Crippen LogP contribution in [-0.4, -0.2) is 26.5 Å². The standard InChI is InChI=1S/C11H12ClN3O/c12-11-3-1-9(2-4-11)10(6-16)5-15-8-13-7-14-15/h1-4,7-8,10,16H,5-6H2. The van der Waals surface area contributed by atoms with Crippen LogP contribution in [0, 0.1) is 0 Å². The van der Waals surface area contributed by atoms with Gasteiger partial charge in [0.15, 0.2) is 0 Å². The molecule has 1 N–H and O–H groups in total. The minimum Gasteiger partial charge on any atom is -0.396 e. The Morgan fingerprint density at radius 2 is 2.06 bits per heavy atom. The first-order chi connectivity index (χ1) is 7.79. The SMILES string of the molecule is OCC(Cn1cncn1)c1ccc(Cl)cc1. The number of hydrogen-bond acceptors (Lipinski definition) is 3. The Morgan fingerprint density at radius 3 is 2.62 bits per heavy atom. The van der Waals surface area contributed by atoms with Crippen molar-refractivity contribution in [1.82, 2.24) is 14.8 Å². The maximum Gasteiger partial charge on any atom is 0.137 e. The molecular formula is C11H12ClN3O. The third-order valence-electron chi connectivity index (χ3n) is 2.44. The Hall–Kier alpha value is -1.39. The molecule has 5 heteroatoms. The number of hydrogen-bond donors (Lipinski definition) is 1. The summed E-state index contributed by atoms with van der Waals surface area (Å²) in [5.74, 6) is 0.0129. The van der Waals surface area contributed by atoms with Gasteiger partial charge in [-0.15, -0.1) is 0 Å². The number of benzene rings is 1. The van der Waals surface area contributed by atoms with E-state index in [-0.39, 0.29) is 12.5 Å². The van der Waals surface area contributed by atoms with Crippen LogP contribution in [0.1, 0.15) is 11.5 Å². The van der Waals surface area contributed by atoms with E-state index >= 15 is 0 Å². The van der Waals surface area contributed by atoms with Crippen LogP contribution >= 0.6 is 11.6 Å². The van der Waals surface area contributed by atoms with Crippen LogP contribution < -0.4 is 0 Å². The van der Waals surface area contributed by atoms with Gasteiger partial charge in [-0.3, -0.25) is 4.68 Å². The fourth-order valence-electron chi connectivity index (χ4n) is 1.56. The van der Waals surface area contributed by atoms with Gasteiger partial charge < -0.3 is 5.11 Å². The molecule has 2 aromatic rings. The molecule has 0 bridgehead atoms. The molecule has 4 nitrogen and oxygen atoms in total. The minimum atomic E-state index is 0.0129. The third-order valence-corrected chi connectivity index (χ3v) is 2.69. The van der Waals surface area contributed by atoms with Gasteiger partial charge in [0.05, 0.1) is 13.2 Å². The Morgan fingerprint density at radius 1 is 1.31 bits per heavy atom. The fourth-order valence-corrected chi connectivity index (χ4v) is 1.68. The quantitative estimate of drug-likeness (QED) is 0.881. The lowest BCUT2D eigenvalue weighted by Gasteiger charge is -2.14. The molecule has 0 aliphatic carbocycles. The van der Waals surface area contributed by atoms with Gasteiger partial charge in [0.25, 0.3) is 0 Å². The lowest BCUT2D eigenvalue weighted by atomic mass is 10.0. The van der Waals surface area contributed by atoms with Crippen LogP contribution in [0.5, 0.6) is 0 Å². The van der Waals surface area contributed by atoms with Crippen LogP contribution in [0.2, 0.25) is 5.02 Å². The maximum atomic E-state index is 9.35. The van der Waals surface area contributed by atoms with Gasteiger partial charge in [-0.05, 0) is 17.7 Å². The van der Waals surface area contributed by atoms with Gasteiger partial charge in [-0.1, -0.05) is 23.7 Å². The summed E-state index contributed by atoms with van der Waals surface area (Å²) in [6, 6.07) is 7.47. The van der Waals surface area contributed by atoms with Crippen LogP contribution in [0.3, 0.4) is 0 Å². The fraction of sp³-hybridized carbons (Fsp3) is 0.273. The number of aliphatic hydroxyl groups excluding tert-OH is 1. The number of aliphatic hydroxyl groups is 1. The van der Waals surface area contributed by atoms with E-state index in [4.69, 9.17) is 11.6 Å². The summed E-state index contributed by atoms with van der Waals surface area (Å²) in [4.78, 5) is 3.87. The summed E-state index contributed by atoms with van der Waals surface area (Å²) in [5, 5.41) is 14.1. The van der Waals surface area contributed by atoms with Crippen molar-refractivity contribution < 1.29 is 5.11 Å². The molecule has 2 rings (SSSR count). The normalized spacial score (nSPS) is 12.6. The molecule has 1 unspecified atom stereocenters. The van der Waals surface area contributed by atoms with Crippen molar-refractivity contribution >= 4 is 11.6 Å². The van der Waals surface area contributed by atoms with E-state index in [0.717, 1.165) is 5.56 Å². The van der Waals surface area contributed by atoms with E-state index in [1.54, 1.807) is 11.0 Å². The van der Waals surface area contributed by atoms with Crippen molar-refractivity contribution in [3.63, 3.8) is 0 Å². The van der Waals surface area contributed by atoms with Crippen molar-refractivity contribution in [2.45, 2.75) is 12.5 Å². The first kappa shape index (κ1) is 11.1. The zero-order chi connectivity index (χ0) is 11.4. The second-order valence-electron chi connectivity index (χ2n) is 3.55.